The van der Waals surface area contributed by atoms with Crippen LogP contribution in [0, 0.1) is 11.3 Å². The summed E-state index contributed by atoms with van der Waals surface area (Å²) in [5.74, 6) is 0. The van der Waals surface area contributed by atoms with Gasteiger partial charge in [0.25, 0.3) is 0 Å². The molecule has 0 amide bonds. The van der Waals surface area contributed by atoms with Crippen molar-refractivity contribution < 1.29 is 9.13 Å². The third-order valence-corrected chi connectivity index (χ3v) is 7.80. The predicted octanol–water partition coefficient (Wildman–Crippen LogP) is 7.08. The van der Waals surface area contributed by atoms with Gasteiger partial charge in [-0.05, 0) is 69.1 Å². The zero-order valence-corrected chi connectivity index (χ0v) is 22.0. The van der Waals surface area contributed by atoms with Gasteiger partial charge in [0.15, 0.2) is 31.3 Å². The molecule has 2 aromatic heterocycles. The van der Waals surface area contributed by atoms with E-state index in [1.807, 2.05) is 24.3 Å². The minimum Gasteiger partial charge on any atom is -0.201 e. The third kappa shape index (κ3) is 4.57. The molecule has 6 aromatic rings. The van der Waals surface area contributed by atoms with Crippen LogP contribution in [-0.4, -0.2) is 0 Å². The van der Waals surface area contributed by atoms with Crippen LogP contribution in [0.1, 0.15) is 22.3 Å². The lowest BCUT2D eigenvalue weighted by molar-refractivity contribution is -0.688. The van der Waals surface area contributed by atoms with Crippen LogP contribution in [-0.2, 0) is 13.0 Å². The largest absolute Gasteiger partial charge is 0.210 e. The molecule has 3 nitrogen and oxygen atoms in total. The summed E-state index contributed by atoms with van der Waals surface area (Å²) >= 11 is 0. The summed E-state index contributed by atoms with van der Waals surface area (Å²) in [4.78, 5) is 0. The molecule has 0 radical (unpaired) electrons. The van der Waals surface area contributed by atoms with Crippen molar-refractivity contribution in [2.75, 3.05) is 0 Å². The van der Waals surface area contributed by atoms with Gasteiger partial charge in [0.1, 0.15) is 0 Å². The van der Waals surface area contributed by atoms with Crippen LogP contribution in [0.4, 0.5) is 0 Å². The van der Waals surface area contributed by atoms with E-state index in [1.165, 1.54) is 44.6 Å². The highest BCUT2D eigenvalue weighted by molar-refractivity contribution is 5.77. The fraction of sp³-hybridized carbons (Fsp3) is 0.0541. The van der Waals surface area contributed by atoms with E-state index in [9.17, 15) is 0 Å². The number of aromatic nitrogens is 2. The van der Waals surface area contributed by atoms with E-state index < -0.39 is 0 Å². The molecule has 40 heavy (non-hydrogen) atoms. The highest BCUT2D eigenvalue weighted by Crippen LogP contribution is 2.36. The standard InChI is InChI=1S/C37H27N3/c38-25-27-5-9-29(10-6-27)30-11-7-28(8-12-30)26-39-19-15-31(16-20-39)32-17-21-40(22-18-32)35-13-14-37-34(24-35)23-33-3-1-2-4-36(33)37/h1-22,24H,23,26H2/q+2. The monoisotopic (exact) mass is 513 g/mol. The first-order valence-corrected chi connectivity index (χ1v) is 13.6. The molecule has 2 heterocycles. The Morgan fingerprint density at radius 3 is 1.88 bits per heavy atom. The lowest BCUT2D eigenvalue weighted by Crippen LogP contribution is -2.33. The van der Waals surface area contributed by atoms with Gasteiger partial charge in [-0.3, -0.25) is 0 Å². The molecule has 7 rings (SSSR count). The molecule has 3 heteroatoms. The quantitative estimate of drug-likeness (QED) is 0.226. The second kappa shape index (κ2) is 10.1. The molecule has 4 aromatic carbocycles. The van der Waals surface area contributed by atoms with E-state index in [-0.39, 0.29) is 0 Å². The highest BCUT2D eigenvalue weighted by atomic mass is 14.9. The second-order valence-corrected chi connectivity index (χ2v) is 10.3. The highest BCUT2D eigenvalue weighted by Gasteiger charge is 2.20. The number of benzene rings is 4. The SMILES string of the molecule is N#Cc1ccc(-c2ccc(C[n+]3ccc(-c4cc[n+](-c5ccc6c(c5)Cc5ccccc5-6)cc4)cc3)cc2)cc1. The zero-order valence-electron chi connectivity index (χ0n) is 22.0. The fourth-order valence-electron chi connectivity index (χ4n) is 5.59. The maximum Gasteiger partial charge on any atom is 0.210 e. The van der Waals surface area contributed by atoms with Gasteiger partial charge in [-0.15, -0.1) is 0 Å². The summed E-state index contributed by atoms with van der Waals surface area (Å²) in [5.41, 5.74) is 13.3. The summed E-state index contributed by atoms with van der Waals surface area (Å²) in [5, 5.41) is 9.01. The van der Waals surface area contributed by atoms with Crippen molar-refractivity contribution in [3.63, 3.8) is 0 Å². The predicted molar refractivity (Wildman–Crippen MR) is 158 cm³/mol. The van der Waals surface area contributed by atoms with E-state index in [0.717, 1.165) is 24.1 Å². The van der Waals surface area contributed by atoms with E-state index in [4.69, 9.17) is 5.26 Å². The molecule has 0 unspecified atom stereocenters. The fourth-order valence-corrected chi connectivity index (χ4v) is 5.59. The smallest absolute Gasteiger partial charge is 0.201 e. The van der Waals surface area contributed by atoms with Crippen LogP contribution in [0.15, 0.2) is 140 Å². The molecule has 1 aliphatic carbocycles. The first-order chi connectivity index (χ1) is 19.7. The summed E-state index contributed by atoms with van der Waals surface area (Å²) in [7, 11) is 0. The van der Waals surface area contributed by atoms with E-state index in [2.05, 4.69) is 131 Å². The van der Waals surface area contributed by atoms with Crippen molar-refractivity contribution in [2.45, 2.75) is 13.0 Å². The lowest BCUT2D eigenvalue weighted by Gasteiger charge is -2.05. The number of pyridine rings is 2. The molecule has 0 saturated carbocycles. The number of hydrogen-bond acceptors (Lipinski definition) is 1. The van der Waals surface area contributed by atoms with Crippen LogP contribution < -0.4 is 9.13 Å². The number of hydrogen-bond donors (Lipinski definition) is 0. The van der Waals surface area contributed by atoms with Crippen molar-refractivity contribution in [1.82, 2.24) is 0 Å². The lowest BCUT2D eigenvalue weighted by atomic mass is 10.0. The molecule has 0 fully saturated rings. The minimum atomic E-state index is 0.681. The first kappa shape index (κ1) is 23.8. The Bertz CT molecular complexity index is 1860. The topological polar surface area (TPSA) is 31.5 Å². The summed E-state index contributed by atoms with van der Waals surface area (Å²) < 4.78 is 4.39. The normalized spacial score (nSPS) is 11.5. The Labute approximate surface area is 234 Å². The van der Waals surface area contributed by atoms with Gasteiger partial charge in [-0.25, -0.2) is 4.57 Å². The first-order valence-electron chi connectivity index (χ1n) is 13.6. The van der Waals surface area contributed by atoms with Gasteiger partial charge in [0.05, 0.1) is 11.6 Å². The van der Waals surface area contributed by atoms with Gasteiger partial charge < -0.3 is 0 Å². The van der Waals surface area contributed by atoms with Crippen molar-refractivity contribution in [1.29, 1.82) is 5.26 Å². The van der Waals surface area contributed by atoms with Gasteiger partial charge in [-0.2, -0.15) is 9.83 Å². The van der Waals surface area contributed by atoms with E-state index in [1.54, 1.807) is 0 Å². The molecule has 188 valence electrons. The Morgan fingerprint density at radius 2 is 1.18 bits per heavy atom. The molecule has 0 aliphatic heterocycles. The van der Waals surface area contributed by atoms with Crippen molar-refractivity contribution >= 4 is 0 Å². The molecular weight excluding hydrogens is 486 g/mol. The van der Waals surface area contributed by atoms with E-state index >= 15 is 0 Å². The molecule has 0 saturated heterocycles. The maximum absolute atomic E-state index is 9.01. The Morgan fingerprint density at radius 1 is 0.575 bits per heavy atom. The van der Waals surface area contributed by atoms with Crippen LogP contribution in [0.2, 0.25) is 0 Å². The number of fused-ring (bicyclic) bond motifs is 3. The number of rotatable bonds is 5. The molecule has 1 aliphatic rings. The van der Waals surface area contributed by atoms with E-state index in [0.29, 0.717) is 5.56 Å². The van der Waals surface area contributed by atoms with Gasteiger partial charge in [0, 0.05) is 42.0 Å². The van der Waals surface area contributed by atoms with Crippen molar-refractivity contribution in [3.05, 3.63) is 162 Å². The molecular formula is C37H27N3+2. The van der Waals surface area contributed by atoms with Crippen molar-refractivity contribution in [2.24, 2.45) is 0 Å². The number of nitrogens with zero attached hydrogens (tertiary/aromatic N) is 3. The van der Waals surface area contributed by atoms with Gasteiger partial charge >= 0.3 is 0 Å². The van der Waals surface area contributed by atoms with Gasteiger partial charge in [-0.1, -0.05) is 60.7 Å². The zero-order chi connectivity index (χ0) is 26.9. The van der Waals surface area contributed by atoms with Crippen molar-refractivity contribution in [3.8, 4) is 45.1 Å². The molecule has 0 bridgehead atoms. The summed E-state index contributed by atoms with van der Waals surface area (Å²) in [6.07, 6.45) is 9.58. The van der Waals surface area contributed by atoms with Crippen LogP contribution in [0.25, 0.3) is 39.1 Å². The minimum absolute atomic E-state index is 0.681. The molecule has 0 N–H and O–H groups in total. The summed E-state index contributed by atoms with van der Waals surface area (Å²) in [6, 6.07) is 42.7. The van der Waals surface area contributed by atoms with Crippen LogP contribution in [0.5, 0.6) is 0 Å². The third-order valence-electron chi connectivity index (χ3n) is 7.80. The van der Waals surface area contributed by atoms with Gasteiger partial charge in [0.2, 0.25) is 5.69 Å². The van der Waals surface area contributed by atoms with Crippen LogP contribution in [0.3, 0.4) is 0 Å². The Hall–Kier alpha value is -5.33. The Kier molecular flexibility index (Phi) is 6.00. The average Bonchev–Trinajstić information content (AvgIpc) is 3.40. The second-order valence-electron chi connectivity index (χ2n) is 10.3. The molecule has 0 spiro atoms. The summed E-state index contributed by atoms with van der Waals surface area (Å²) in [6.45, 7) is 0.810. The maximum atomic E-state index is 9.01. The van der Waals surface area contributed by atoms with Crippen LogP contribution >= 0.6 is 0 Å². The Balaban J connectivity index is 1.03. The average molecular weight is 514 g/mol. The number of nitriles is 1. The molecule has 0 atom stereocenters.